The zero-order valence-corrected chi connectivity index (χ0v) is 10.7. The smallest absolute Gasteiger partial charge is 0.373 e. The van der Waals surface area contributed by atoms with Crippen LogP contribution in [0.4, 0.5) is 0 Å². The number of carbonyl (C=O) groups excluding carboxylic acids is 1. The first-order chi connectivity index (χ1) is 9.29. The Morgan fingerprint density at radius 1 is 1.53 bits per heavy atom. The van der Waals surface area contributed by atoms with Crippen molar-refractivity contribution >= 4 is 5.97 Å². The molecule has 0 unspecified atom stereocenters. The molecule has 2 heterocycles. The van der Waals surface area contributed by atoms with Crippen LogP contribution in [0.1, 0.15) is 28.6 Å². The van der Waals surface area contributed by atoms with E-state index in [0.717, 1.165) is 25.2 Å². The number of methoxy groups -OCH3 is 1. The van der Waals surface area contributed by atoms with Gasteiger partial charge in [-0.1, -0.05) is 0 Å². The van der Waals surface area contributed by atoms with Gasteiger partial charge in [-0.2, -0.15) is 5.10 Å². The first kappa shape index (κ1) is 13.3. The van der Waals surface area contributed by atoms with Crippen LogP contribution in [0.5, 0.6) is 0 Å². The predicted molar refractivity (Wildman–Crippen MR) is 66.5 cm³/mol. The molecule has 0 saturated carbocycles. The number of aryl methyl sites for hydroxylation is 1. The molecule has 2 rings (SSSR count). The second-order valence-corrected chi connectivity index (χ2v) is 3.97. The van der Waals surface area contributed by atoms with Crippen LogP contribution in [0.2, 0.25) is 0 Å². The van der Waals surface area contributed by atoms with E-state index in [1.165, 1.54) is 13.4 Å². The van der Waals surface area contributed by atoms with Crippen molar-refractivity contribution in [3.05, 3.63) is 35.8 Å². The van der Waals surface area contributed by atoms with Crippen LogP contribution >= 0.6 is 0 Å². The Labute approximate surface area is 110 Å². The molecule has 7 nitrogen and oxygen atoms in total. The zero-order chi connectivity index (χ0) is 13.5. The van der Waals surface area contributed by atoms with E-state index in [4.69, 9.17) is 4.42 Å². The van der Waals surface area contributed by atoms with Gasteiger partial charge in [-0.3, -0.25) is 5.10 Å². The maximum atomic E-state index is 11.2. The van der Waals surface area contributed by atoms with Gasteiger partial charge in [0.1, 0.15) is 17.9 Å². The first-order valence-corrected chi connectivity index (χ1v) is 6.01. The number of ether oxygens (including phenoxy) is 1. The van der Waals surface area contributed by atoms with E-state index in [-0.39, 0.29) is 5.76 Å². The molecule has 0 bridgehead atoms. The number of rotatable bonds is 7. The monoisotopic (exact) mass is 264 g/mol. The topological polar surface area (TPSA) is 93.0 Å². The quantitative estimate of drug-likeness (QED) is 0.570. The Balaban J connectivity index is 1.65. The van der Waals surface area contributed by atoms with Crippen LogP contribution in [0.3, 0.4) is 0 Å². The molecular formula is C12H16N4O3. The Morgan fingerprint density at radius 3 is 3.16 bits per heavy atom. The van der Waals surface area contributed by atoms with Gasteiger partial charge >= 0.3 is 5.97 Å². The number of furan rings is 1. The Hall–Kier alpha value is -2.15. The summed E-state index contributed by atoms with van der Waals surface area (Å²) in [6.07, 6.45) is 3.29. The van der Waals surface area contributed by atoms with Crippen LogP contribution in [-0.4, -0.2) is 34.8 Å². The van der Waals surface area contributed by atoms with Crippen LogP contribution in [0.15, 0.2) is 22.9 Å². The summed E-state index contributed by atoms with van der Waals surface area (Å²) in [5.74, 6) is 1.35. The van der Waals surface area contributed by atoms with Crippen molar-refractivity contribution in [2.24, 2.45) is 0 Å². The molecule has 2 aromatic rings. The number of nitrogens with zero attached hydrogens (tertiary/aromatic N) is 2. The van der Waals surface area contributed by atoms with Gasteiger partial charge in [-0.05, 0) is 25.1 Å². The normalized spacial score (nSPS) is 10.6. The van der Waals surface area contributed by atoms with Gasteiger partial charge in [-0.25, -0.2) is 9.78 Å². The summed E-state index contributed by atoms with van der Waals surface area (Å²) in [4.78, 5) is 15.2. The number of nitrogens with one attached hydrogen (secondary N) is 2. The highest BCUT2D eigenvalue weighted by Crippen LogP contribution is 2.08. The fraction of sp³-hybridized carbons (Fsp3) is 0.417. The number of aromatic amines is 1. The Bertz CT molecular complexity index is 507. The Morgan fingerprint density at radius 2 is 2.42 bits per heavy atom. The Kier molecular flexibility index (Phi) is 4.68. The number of carbonyl (C=O) groups is 1. The molecule has 0 atom stereocenters. The van der Waals surface area contributed by atoms with E-state index < -0.39 is 5.97 Å². The molecule has 0 aliphatic heterocycles. The van der Waals surface area contributed by atoms with Crippen molar-refractivity contribution in [3.8, 4) is 0 Å². The summed E-state index contributed by atoms with van der Waals surface area (Å²) in [6.45, 7) is 1.41. The minimum atomic E-state index is -0.462. The van der Waals surface area contributed by atoms with Crippen LogP contribution in [0.25, 0.3) is 0 Å². The largest absolute Gasteiger partial charge is 0.463 e. The second kappa shape index (κ2) is 6.69. The van der Waals surface area contributed by atoms with Gasteiger partial charge in [0.05, 0.1) is 13.7 Å². The van der Waals surface area contributed by atoms with E-state index in [1.807, 2.05) is 0 Å². The van der Waals surface area contributed by atoms with Gasteiger partial charge < -0.3 is 14.5 Å². The highest BCUT2D eigenvalue weighted by Gasteiger charge is 2.10. The molecule has 102 valence electrons. The van der Waals surface area contributed by atoms with Crippen molar-refractivity contribution in [1.29, 1.82) is 0 Å². The highest BCUT2D eigenvalue weighted by atomic mass is 16.5. The summed E-state index contributed by atoms with van der Waals surface area (Å²) in [5.41, 5.74) is 0. The number of hydrogen-bond acceptors (Lipinski definition) is 6. The second-order valence-electron chi connectivity index (χ2n) is 3.97. The molecule has 0 amide bonds. The molecule has 0 fully saturated rings. The van der Waals surface area contributed by atoms with Crippen molar-refractivity contribution in [1.82, 2.24) is 20.5 Å². The van der Waals surface area contributed by atoms with E-state index in [0.29, 0.717) is 12.3 Å². The third-order valence-corrected chi connectivity index (χ3v) is 2.58. The van der Waals surface area contributed by atoms with Crippen molar-refractivity contribution in [3.63, 3.8) is 0 Å². The van der Waals surface area contributed by atoms with Crippen LogP contribution in [-0.2, 0) is 17.7 Å². The van der Waals surface area contributed by atoms with Gasteiger partial charge in [0.15, 0.2) is 0 Å². The summed E-state index contributed by atoms with van der Waals surface area (Å²) in [6, 6.07) is 3.37. The molecular weight excluding hydrogens is 248 g/mol. The molecule has 0 aromatic carbocycles. The lowest BCUT2D eigenvalue weighted by atomic mass is 10.3. The third-order valence-electron chi connectivity index (χ3n) is 2.58. The fourth-order valence-electron chi connectivity index (χ4n) is 1.63. The third kappa shape index (κ3) is 3.92. The molecule has 2 aromatic heterocycles. The summed E-state index contributed by atoms with van der Waals surface area (Å²) in [7, 11) is 1.33. The van der Waals surface area contributed by atoms with Gasteiger partial charge in [0.25, 0.3) is 0 Å². The van der Waals surface area contributed by atoms with Crippen molar-refractivity contribution in [2.75, 3.05) is 13.7 Å². The van der Waals surface area contributed by atoms with E-state index in [1.54, 1.807) is 12.1 Å². The number of hydrogen-bond donors (Lipinski definition) is 2. The lowest BCUT2D eigenvalue weighted by Gasteiger charge is -2.01. The van der Waals surface area contributed by atoms with Gasteiger partial charge in [-0.15, -0.1) is 0 Å². The number of aromatic nitrogens is 3. The van der Waals surface area contributed by atoms with Crippen molar-refractivity contribution in [2.45, 2.75) is 19.4 Å². The standard InChI is InChI=1S/C12H16N4O3/c1-18-12(17)10-5-4-9(19-10)7-13-6-2-3-11-14-8-15-16-11/h4-5,8,13H,2-3,6-7H2,1H3,(H,14,15,16). The molecule has 2 N–H and O–H groups in total. The number of H-pyrrole nitrogens is 1. The van der Waals surface area contributed by atoms with Gasteiger partial charge in [0, 0.05) is 6.42 Å². The lowest BCUT2D eigenvalue weighted by molar-refractivity contribution is 0.0563. The van der Waals surface area contributed by atoms with Crippen LogP contribution < -0.4 is 5.32 Å². The van der Waals surface area contributed by atoms with E-state index >= 15 is 0 Å². The van der Waals surface area contributed by atoms with Gasteiger partial charge in [0.2, 0.25) is 5.76 Å². The number of esters is 1. The molecule has 0 spiro atoms. The average molecular weight is 264 g/mol. The SMILES string of the molecule is COC(=O)c1ccc(CNCCCc2ncn[nH]2)o1. The molecule has 0 radical (unpaired) electrons. The molecule has 0 aliphatic rings. The summed E-state index contributed by atoms with van der Waals surface area (Å²) < 4.78 is 9.89. The minimum absolute atomic E-state index is 0.223. The van der Waals surface area contributed by atoms with Crippen molar-refractivity contribution < 1.29 is 13.9 Å². The lowest BCUT2D eigenvalue weighted by Crippen LogP contribution is -2.15. The first-order valence-electron chi connectivity index (χ1n) is 6.01. The van der Waals surface area contributed by atoms with Crippen LogP contribution in [0, 0.1) is 0 Å². The van der Waals surface area contributed by atoms with E-state index in [9.17, 15) is 4.79 Å². The average Bonchev–Trinajstić information content (AvgIpc) is 3.08. The zero-order valence-electron chi connectivity index (χ0n) is 10.7. The molecule has 0 aliphatic carbocycles. The maximum absolute atomic E-state index is 11.2. The minimum Gasteiger partial charge on any atom is -0.463 e. The highest BCUT2D eigenvalue weighted by molar-refractivity contribution is 5.86. The molecule has 7 heteroatoms. The molecule has 19 heavy (non-hydrogen) atoms. The summed E-state index contributed by atoms with van der Waals surface area (Å²) >= 11 is 0. The molecule has 0 saturated heterocycles. The predicted octanol–water partition coefficient (Wildman–Crippen LogP) is 0.907. The summed E-state index contributed by atoms with van der Waals surface area (Å²) in [5, 5.41) is 9.82. The maximum Gasteiger partial charge on any atom is 0.373 e. The fourth-order valence-corrected chi connectivity index (χ4v) is 1.63. The van der Waals surface area contributed by atoms with E-state index in [2.05, 4.69) is 25.2 Å².